The molecule has 7 nitrogen and oxygen atoms in total. The van der Waals surface area contributed by atoms with Crippen LogP contribution < -0.4 is 9.64 Å². The maximum absolute atomic E-state index is 12.8. The van der Waals surface area contributed by atoms with E-state index in [2.05, 4.69) is 15.0 Å². The lowest BCUT2D eigenvalue weighted by molar-refractivity contribution is 0.0771. The van der Waals surface area contributed by atoms with Crippen molar-refractivity contribution in [1.82, 2.24) is 19.9 Å². The highest BCUT2D eigenvalue weighted by Crippen LogP contribution is 2.23. The highest BCUT2D eigenvalue weighted by atomic mass is 32.1. The van der Waals surface area contributed by atoms with Crippen molar-refractivity contribution in [3.63, 3.8) is 0 Å². The molecule has 26 heavy (non-hydrogen) atoms. The second-order valence-corrected chi connectivity index (χ2v) is 7.31. The van der Waals surface area contributed by atoms with Crippen LogP contribution in [0.3, 0.4) is 0 Å². The molecule has 0 spiro atoms. The normalized spacial score (nSPS) is 16.8. The van der Waals surface area contributed by atoms with Crippen molar-refractivity contribution >= 4 is 33.3 Å². The largest absolute Gasteiger partial charge is 0.471 e. The number of aromatic nitrogens is 3. The van der Waals surface area contributed by atoms with E-state index in [1.807, 2.05) is 42.1 Å². The van der Waals surface area contributed by atoms with Crippen LogP contribution in [0.4, 0.5) is 5.82 Å². The Labute approximate surface area is 155 Å². The van der Waals surface area contributed by atoms with Gasteiger partial charge in [0.2, 0.25) is 5.88 Å². The minimum Gasteiger partial charge on any atom is -0.471 e. The maximum atomic E-state index is 12.8. The van der Waals surface area contributed by atoms with E-state index in [4.69, 9.17) is 4.74 Å². The molecule has 0 radical (unpaired) electrons. The predicted molar refractivity (Wildman–Crippen MR) is 101 cm³/mol. The van der Waals surface area contributed by atoms with Gasteiger partial charge >= 0.3 is 0 Å². The van der Waals surface area contributed by atoms with E-state index in [1.165, 1.54) is 0 Å². The fourth-order valence-electron chi connectivity index (χ4n) is 2.96. The minimum absolute atomic E-state index is 0.0273. The molecule has 0 saturated carbocycles. The first-order valence-corrected chi connectivity index (χ1v) is 9.26. The van der Waals surface area contributed by atoms with Crippen LogP contribution in [-0.4, -0.2) is 59.0 Å². The highest BCUT2D eigenvalue weighted by molar-refractivity contribution is 7.16. The van der Waals surface area contributed by atoms with Gasteiger partial charge in [-0.3, -0.25) is 9.78 Å². The Balaban J connectivity index is 1.43. The molecule has 0 N–H and O–H groups in total. The summed E-state index contributed by atoms with van der Waals surface area (Å²) in [6.07, 6.45) is 4.00. The molecule has 1 aliphatic heterocycles. The van der Waals surface area contributed by atoms with E-state index >= 15 is 0 Å². The molecule has 3 heterocycles. The van der Waals surface area contributed by atoms with Gasteiger partial charge < -0.3 is 14.5 Å². The van der Waals surface area contributed by atoms with Gasteiger partial charge in [-0.15, -0.1) is 11.3 Å². The molecule has 2 aromatic heterocycles. The Morgan fingerprint density at radius 2 is 2.23 bits per heavy atom. The molecule has 1 amide bonds. The van der Waals surface area contributed by atoms with Crippen LogP contribution in [-0.2, 0) is 0 Å². The van der Waals surface area contributed by atoms with Gasteiger partial charge in [0.1, 0.15) is 6.10 Å². The molecular formula is C18H19N5O2S. The zero-order valence-electron chi connectivity index (χ0n) is 14.6. The van der Waals surface area contributed by atoms with Gasteiger partial charge in [-0.1, -0.05) is 0 Å². The Morgan fingerprint density at radius 3 is 3.08 bits per heavy atom. The third-order valence-corrected chi connectivity index (χ3v) is 5.15. The van der Waals surface area contributed by atoms with Crippen molar-refractivity contribution in [2.24, 2.45) is 0 Å². The average molecular weight is 369 g/mol. The lowest BCUT2D eigenvalue weighted by Crippen LogP contribution is -2.31. The third kappa shape index (κ3) is 3.32. The molecule has 4 rings (SSSR count). The van der Waals surface area contributed by atoms with Gasteiger partial charge in [0.15, 0.2) is 5.82 Å². The summed E-state index contributed by atoms with van der Waals surface area (Å²) in [5, 5.41) is 0. The third-order valence-electron chi connectivity index (χ3n) is 4.36. The lowest BCUT2D eigenvalue weighted by Gasteiger charge is -2.17. The average Bonchev–Trinajstić information content (AvgIpc) is 3.30. The van der Waals surface area contributed by atoms with Gasteiger partial charge in [-0.25, -0.2) is 4.98 Å². The number of fused-ring (bicyclic) bond motifs is 1. The predicted octanol–water partition coefficient (Wildman–Crippen LogP) is 2.45. The highest BCUT2D eigenvalue weighted by Gasteiger charge is 2.29. The van der Waals surface area contributed by atoms with Crippen LogP contribution in [0.2, 0.25) is 0 Å². The first-order chi connectivity index (χ1) is 12.6. The molecule has 0 aliphatic carbocycles. The Bertz CT molecular complexity index is 942. The van der Waals surface area contributed by atoms with Crippen molar-refractivity contribution in [2.45, 2.75) is 12.5 Å². The van der Waals surface area contributed by atoms with Crippen LogP contribution in [0, 0.1) is 0 Å². The molecule has 0 bridgehead atoms. The fraction of sp³-hybridized carbons (Fsp3) is 0.333. The number of thiazole rings is 1. The van der Waals surface area contributed by atoms with Crippen molar-refractivity contribution in [3.05, 3.63) is 41.7 Å². The Hall–Kier alpha value is -2.74. The number of carbonyl (C=O) groups excluding carboxylic acids is 1. The number of carbonyl (C=O) groups is 1. The van der Waals surface area contributed by atoms with E-state index in [0.29, 0.717) is 24.5 Å². The van der Waals surface area contributed by atoms with Crippen molar-refractivity contribution in [3.8, 4) is 5.88 Å². The summed E-state index contributed by atoms with van der Waals surface area (Å²) in [5.41, 5.74) is 3.41. The first-order valence-electron chi connectivity index (χ1n) is 8.39. The standard InChI is InChI=1S/C18H19N5O2S/c1-22(2)16-8-19-9-17(21-16)25-13-5-6-23(10-13)18(24)12-3-4-14-15(7-12)26-11-20-14/h3-4,7-9,11,13H,5-6,10H2,1-2H3/t13-/m0/s1. The van der Waals surface area contributed by atoms with E-state index < -0.39 is 0 Å². The second kappa shape index (κ2) is 6.87. The minimum atomic E-state index is -0.0715. The number of benzene rings is 1. The molecule has 1 aromatic carbocycles. The number of anilines is 1. The SMILES string of the molecule is CN(C)c1cncc(O[C@H]2CCN(C(=O)c3ccc4ncsc4c3)C2)n1. The van der Waals surface area contributed by atoms with Crippen molar-refractivity contribution in [1.29, 1.82) is 0 Å². The van der Waals surface area contributed by atoms with E-state index in [1.54, 1.807) is 29.2 Å². The zero-order valence-corrected chi connectivity index (χ0v) is 15.4. The van der Waals surface area contributed by atoms with Gasteiger partial charge in [0.05, 0.1) is 34.7 Å². The van der Waals surface area contributed by atoms with Crippen LogP contribution in [0.5, 0.6) is 5.88 Å². The number of ether oxygens (including phenoxy) is 1. The van der Waals surface area contributed by atoms with Crippen LogP contribution >= 0.6 is 11.3 Å². The van der Waals surface area contributed by atoms with Crippen LogP contribution in [0.1, 0.15) is 16.8 Å². The van der Waals surface area contributed by atoms with Gasteiger partial charge in [0.25, 0.3) is 5.91 Å². The summed E-state index contributed by atoms with van der Waals surface area (Å²) in [4.78, 5) is 29.3. The molecule has 0 unspecified atom stereocenters. The number of likely N-dealkylation sites (tertiary alicyclic amines) is 1. The number of amides is 1. The summed E-state index contributed by atoms with van der Waals surface area (Å²) in [6, 6.07) is 5.64. The lowest BCUT2D eigenvalue weighted by atomic mass is 10.2. The number of nitrogens with zero attached hydrogens (tertiary/aromatic N) is 5. The molecular weight excluding hydrogens is 350 g/mol. The summed E-state index contributed by atoms with van der Waals surface area (Å²) >= 11 is 1.54. The van der Waals surface area contributed by atoms with E-state index in [9.17, 15) is 4.79 Å². The van der Waals surface area contributed by atoms with Crippen LogP contribution in [0.15, 0.2) is 36.1 Å². The van der Waals surface area contributed by atoms with Gasteiger partial charge in [-0.05, 0) is 18.2 Å². The topological polar surface area (TPSA) is 71.5 Å². The van der Waals surface area contributed by atoms with Crippen LogP contribution in [0.25, 0.3) is 10.2 Å². The second-order valence-electron chi connectivity index (χ2n) is 6.42. The van der Waals surface area contributed by atoms with E-state index in [0.717, 1.165) is 22.5 Å². The fourth-order valence-corrected chi connectivity index (χ4v) is 3.68. The van der Waals surface area contributed by atoms with Crippen molar-refractivity contribution < 1.29 is 9.53 Å². The molecule has 1 fully saturated rings. The van der Waals surface area contributed by atoms with Crippen molar-refractivity contribution in [2.75, 3.05) is 32.1 Å². The smallest absolute Gasteiger partial charge is 0.254 e. The molecule has 1 atom stereocenters. The first kappa shape index (κ1) is 16.7. The Morgan fingerprint density at radius 1 is 1.35 bits per heavy atom. The van der Waals surface area contributed by atoms with Gasteiger partial charge in [-0.2, -0.15) is 4.98 Å². The Kier molecular flexibility index (Phi) is 4.42. The molecule has 1 aliphatic rings. The molecule has 1 saturated heterocycles. The zero-order chi connectivity index (χ0) is 18.1. The number of hydrogen-bond acceptors (Lipinski definition) is 7. The summed E-state index contributed by atoms with van der Waals surface area (Å²) in [5.74, 6) is 1.26. The quantitative estimate of drug-likeness (QED) is 0.703. The molecule has 3 aromatic rings. The molecule has 134 valence electrons. The monoisotopic (exact) mass is 369 g/mol. The summed E-state index contributed by atoms with van der Waals surface area (Å²) in [7, 11) is 3.81. The summed E-state index contributed by atoms with van der Waals surface area (Å²) < 4.78 is 6.96. The molecule has 8 heteroatoms. The number of hydrogen-bond donors (Lipinski definition) is 0. The van der Waals surface area contributed by atoms with Gasteiger partial charge in [0, 0.05) is 32.6 Å². The van der Waals surface area contributed by atoms with E-state index in [-0.39, 0.29) is 12.0 Å². The number of rotatable bonds is 4. The summed E-state index contributed by atoms with van der Waals surface area (Å²) in [6.45, 7) is 1.22. The maximum Gasteiger partial charge on any atom is 0.254 e.